The number of anilines is 1. The molecule has 0 radical (unpaired) electrons. The topological polar surface area (TPSA) is 115 Å². The lowest BCUT2D eigenvalue weighted by Gasteiger charge is -2.10. The van der Waals surface area contributed by atoms with Crippen LogP contribution in [0, 0.1) is 24.0 Å². The molecule has 0 saturated carbocycles. The van der Waals surface area contributed by atoms with Crippen LogP contribution >= 0.6 is 0 Å². The van der Waals surface area contributed by atoms with Gasteiger partial charge in [-0.15, -0.1) is 0 Å². The number of aromatic nitrogens is 1. The summed E-state index contributed by atoms with van der Waals surface area (Å²) < 4.78 is 32.9. The van der Waals surface area contributed by atoms with Crippen molar-refractivity contribution < 1.29 is 17.8 Å². The number of nitro groups is 1. The molecule has 3 rings (SSSR count). The molecule has 1 heterocycles. The van der Waals surface area contributed by atoms with Crippen molar-refractivity contribution in [3.8, 4) is 0 Å². The minimum absolute atomic E-state index is 0.145. The second-order valence-electron chi connectivity index (χ2n) is 5.23. The van der Waals surface area contributed by atoms with Gasteiger partial charge in [0.1, 0.15) is 5.52 Å². The van der Waals surface area contributed by atoms with Crippen LogP contribution in [-0.4, -0.2) is 18.3 Å². The number of oxazole rings is 1. The fourth-order valence-corrected chi connectivity index (χ4v) is 3.62. The molecule has 0 aliphatic heterocycles. The number of aryl methyl sites for hydroxylation is 2. The van der Waals surface area contributed by atoms with Gasteiger partial charge in [0, 0.05) is 19.1 Å². The average molecular weight is 347 g/mol. The summed E-state index contributed by atoms with van der Waals surface area (Å²) >= 11 is 0. The summed E-state index contributed by atoms with van der Waals surface area (Å²) in [5.41, 5.74) is 1.47. The predicted octanol–water partition coefficient (Wildman–Crippen LogP) is 3.15. The van der Waals surface area contributed by atoms with Crippen LogP contribution in [0.1, 0.15) is 11.5 Å². The minimum Gasteiger partial charge on any atom is -0.441 e. The van der Waals surface area contributed by atoms with E-state index in [1.165, 1.54) is 24.3 Å². The number of nitro benzene ring substituents is 1. The van der Waals surface area contributed by atoms with E-state index in [0.717, 1.165) is 6.07 Å². The predicted molar refractivity (Wildman–Crippen MR) is 87.4 cm³/mol. The Morgan fingerprint density at radius 2 is 1.92 bits per heavy atom. The Bertz CT molecular complexity index is 1060. The first-order valence-corrected chi connectivity index (χ1v) is 8.40. The van der Waals surface area contributed by atoms with Gasteiger partial charge in [0.05, 0.1) is 15.5 Å². The molecule has 3 aromatic rings. The van der Waals surface area contributed by atoms with Crippen molar-refractivity contribution >= 4 is 32.5 Å². The van der Waals surface area contributed by atoms with E-state index >= 15 is 0 Å². The van der Waals surface area contributed by atoms with E-state index < -0.39 is 14.9 Å². The van der Waals surface area contributed by atoms with E-state index in [2.05, 4.69) is 9.71 Å². The van der Waals surface area contributed by atoms with E-state index in [9.17, 15) is 18.5 Å². The van der Waals surface area contributed by atoms with Crippen molar-refractivity contribution in [3.05, 3.63) is 58.0 Å². The summed E-state index contributed by atoms with van der Waals surface area (Å²) in [6.45, 7) is 3.26. The van der Waals surface area contributed by atoms with E-state index in [-0.39, 0.29) is 10.6 Å². The Kier molecular flexibility index (Phi) is 3.72. The number of hydrogen-bond acceptors (Lipinski definition) is 6. The van der Waals surface area contributed by atoms with Gasteiger partial charge < -0.3 is 4.42 Å². The fourth-order valence-electron chi connectivity index (χ4n) is 2.31. The van der Waals surface area contributed by atoms with Gasteiger partial charge in [-0.25, -0.2) is 13.4 Å². The standard InChI is InChI=1S/C15H13N3O5S/c1-9-3-5-12(18(19)20)8-15(9)24(21,22)17-11-4-6-14-13(7-11)16-10(2)23-14/h3-8,17H,1-2H3. The summed E-state index contributed by atoms with van der Waals surface area (Å²) in [7, 11) is -3.97. The third-order valence-electron chi connectivity index (χ3n) is 3.42. The monoisotopic (exact) mass is 347 g/mol. The zero-order chi connectivity index (χ0) is 17.5. The van der Waals surface area contributed by atoms with Gasteiger partial charge in [-0.1, -0.05) is 6.07 Å². The number of benzene rings is 2. The van der Waals surface area contributed by atoms with Crippen LogP contribution in [0.15, 0.2) is 45.7 Å². The average Bonchev–Trinajstić information content (AvgIpc) is 2.86. The second kappa shape index (κ2) is 5.60. The van der Waals surface area contributed by atoms with Gasteiger partial charge >= 0.3 is 0 Å². The summed E-state index contributed by atoms with van der Waals surface area (Å²) in [5, 5.41) is 10.9. The van der Waals surface area contributed by atoms with Crippen LogP contribution in [0.5, 0.6) is 0 Å². The van der Waals surface area contributed by atoms with Gasteiger partial charge in [0.2, 0.25) is 0 Å². The first-order valence-electron chi connectivity index (χ1n) is 6.91. The van der Waals surface area contributed by atoms with Crippen LogP contribution in [0.25, 0.3) is 11.1 Å². The highest BCUT2D eigenvalue weighted by molar-refractivity contribution is 7.92. The lowest BCUT2D eigenvalue weighted by atomic mass is 10.2. The molecule has 0 spiro atoms. The molecule has 2 aromatic carbocycles. The van der Waals surface area contributed by atoms with Crippen molar-refractivity contribution in [2.24, 2.45) is 0 Å². The fraction of sp³-hybridized carbons (Fsp3) is 0.133. The Balaban J connectivity index is 2.00. The normalized spacial score (nSPS) is 11.6. The van der Waals surface area contributed by atoms with Crippen LogP contribution in [-0.2, 0) is 10.0 Å². The Hall–Kier alpha value is -2.94. The SMILES string of the molecule is Cc1nc2cc(NS(=O)(=O)c3cc([N+](=O)[O-])ccc3C)ccc2o1. The zero-order valence-electron chi connectivity index (χ0n) is 12.8. The number of fused-ring (bicyclic) bond motifs is 1. The highest BCUT2D eigenvalue weighted by atomic mass is 32.2. The number of nitrogens with one attached hydrogen (secondary N) is 1. The molecule has 0 fully saturated rings. The van der Waals surface area contributed by atoms with Crippen molar-refractivity contribution in [2.45, 2.75) is 18.7 Å². The maximum Gasteiger partial charge on any atom is 0.270 e. The number of non-ortho nitro benzene ring substituents is 1. The van der Waals surface area contributed by atoms with E-state index in [0.29, 0.717) is 28.2 Å². The molecule has 0 bridgehead atoms. The molecule has 1 N–H and O–H groups in total. The summed E-state index contributed by atoms with van der Waals surface area (Å²) in [4.78, 5) is 14.2. The molecule has 8 nitrogen and oxygen atoms in total. The molecule has 0 amide bonds. The van der Waals surface area contributed by atoms with Crippen molar-refractivity contribution in [2.75, 3.05) is 4.72 Å². The van der Waals surface area contributed by atoms with Gasteiger partial charge in [-0.05, 0) is 30.7 Å². The van der Waals surface area contributed by atoms with Gasteiger partial charge in [0.15, 0.2) is 11.5 Å². The zero-order valence-corrected chi connectivity index (χ0v) is 13.6. The molecule has 24 heavy (non-hydrogen) atoms. The molecule has 0 aliphatic carbocycles. The molecule has 0 unspecified atom stereocenters. The second-order valence-corrected chi connectivity index (χ2v) is 6.88. The molecule has 0 saturated heterocycles. The summed E-state index contributed by atoms with van der Waals surface area (Å²) in [5.74, 6) is 0.472. The molecule has 124 valence electrons. The largest absolute Gasteiger partial charge is 0.441 e. The third-order valence-corrected chi connectivity index (χ3v) is 4.94. The first kappa shape index (κ1) is 15.9. The van der Waals surface area contributed by atoms with Crippen LogP contribution in [0.2, 0.25) is 0 Å². The lowest BCUT2D eigenvalue weighted by Crippen LogP contribution is -2.14. The molecule has 0 atom stereocenters. The van der Waals surface area contributed by atoms with Crippen LogP contribution < -0.4 is 4.72 Å². The number of rotatable bonds is 4. The molecule has 1 aromatic heterocycles. The van der Waals surface area contributed by atoms with E-state index in [1.54, 1.807) is 19.9 Å². The summed E-state index contributed by atoms with van der Waals surface area (Å²) in [6, 6.07) is 8.38. The Labute approximate surface area is 137 Å². The number of sulfonamides is 1. The van der Waals surface area contributed by atoms with Crippen LogP contribution in [0.3, 0.4) is 0 Å². The highest BCUT2D eigenvalue weighted by Crippen LogP contribution is 2.26. The molecule has 9 heteroatoms. The summed E-state index contributed by atoms with van der Waals surface area (Å²) in [6.07, 6.45) is 0. The van der Waals surface area contributed by atoms with Crippen LogP contribution in [0.4, 0.5) is 11.4 Å². The highest BCUT2D eigenvalue weighted by Gasteiger charge is 2.21. The lowest BCUT2D eigenvalue weighted by molar-refractivity contribution is -0.385. The third kappa shape index (κ3) is 2.93. The van der Waals surface area contributed by atoms with Gasteiger partial charge in [-0.3, -0.25) is 14.8 Å². The van der Waals surface area contributed by atoms with Gasteiger partial charge in [-0.2, -0.15) is 0 Å². The van der Waals surface area contributed by atoms with Crippen molar-refractivity contribution in [1.29, 1.82) is 0 Å². The molecular formula is C15H13N3O5S. The maximum absolute atomic E-state index is 12.6. The maximum atomic E-state index is 12.6. The number of nitrogens with zero attached hydrogens (tertiary/aromatic N) is 2. The van der Waals surface area contributed by atoms with E-state index in [1.807, 2.05) is 0 Å². The Morgan fingerprint density at radius 3 is 2.62 bits per heavy atom. The smallest absolute Gasteiger partial charge is 0.270 e. The number of hydrogen-bond donors (Lipinski definition) is 1. The van der Waals surface area contributed by atoms with Crippen molar-refractivity contribution in [1.82, 2.24) is 4.98 Å². The van der Waals surface area contributed by atoms with Gasteiger partial charge in [0.25, 0.3) is 15.7 Å². The molecule has 0 aliphatic rings. The van der Waals surface area contributed by atoms with Crippen molar-refractivity contribution in [3.63, 3.8) is 0 Å². The minimum atomic E-state index is -3.97. The quantitative estimate of drug-likeness (QED) is 0.572. The molecular weight excluding hydrogens is 334 g/mol. The van der Waals surface area contributed by atoms with E-state index in [4.69, 9.17) is 4.42 Å². The first-order chi connectivity index (χ1) is 11.3. The Morgan fingerprint density at radius 1 is 1.17 bits per heavy atom.